The van der Waals surface area contributed by atoms with Gasteiger partial charge in [0, 0.05) is 18.2 Å². The molecule has 3 rings (SSSR count). The number of benzene rings is 2. The molecule has 1 aliphatic rings. The van der Waals surface area contributed by atoms with E-state index in [1.807, 2.05) is 48.5 Å². The fraction of sp³-hybridized carbons (Fsp3) is 0.167. The Morgan fingerprint density at radius 3 is 2.22 bits per heavy atom. The van der Waals surface area contributed by atoms with Crippen LogP contribution in [-0.4, -0.2) is 29.5 Å². The molecule has 23 heavy (non-hydrogen) atoms. The van der Waals surface area contributed by atoms with Crippen LogP contribution in [0.15, 0.2) is 61.2 Å². The summed E-state index contributed by atoms with van der Waals surface area (Å²) in [7, 11) is 1.74. The minimum atomic E-state index is -0.276. The van der Waals surface area contributed by atoms with Crippen molar-refractivity contribution in [2.75, 3.05) is 13.6 Å². The maximum atomic E-state index is 12.6. The van der Waals surface area contributed by atoms with Crippen molar-refractivity contribution in [1.82, 2.24) is 9.91 Å². The molecule has 2 aromatic carbocycles. The van der Waals surface area contributed by atoms with Gasteiger partial charge in [0.05, 0.1) is 12.6 Å². The van der Waals surface area contributed by atoms with Crippen LogP contribution in [0.3, 0.4) is 0 Å². The van der Waals surface area contributed by atoms with Crippen molar-refractivity contribution in [3.05, 3.63) is 72.3 Å². The zero-order valence-electron chi connectivity index (χ0n) is 13.0. The van der Waals surface area contributed by atoms with Gasteiger partial charge in [-0.3, -0.25) is 5.01 Å². The van der Waals surface area contributed by atoms with E-state index >= 15 is 0 Å². The van der Waals surface area contributed by atoms with E-state index in [1.54, 1.807) is 18.0 Å². The molecular formula is C18H19N3O2. The lowest BCUT2D eigenvalue weighted by Crippen LogP contribution is -2.47. The van der Waals surface area contributed by atoms with E-state index in [-0.39, 0.29) is 18.6 Å². The molecule has 1 heterocycles. The Labute approximate surface area is 135 Å². The molecule has 0 saturated carbocycles. The summed E-state index contributed by atoms with van der Waals surface area (Å²) >= 11 is 0. The lowest BCUT2D eigenvalue weighted by Gasteiger charge is -2.36. The van der Waals surface area contributed by atoms with Crippen LogP contribution in [0.5, 0.6) is 11.5 Å². The SMILES string of the molecule is C=CCN(N)C(=O)N(C)C1c2ccccc2Oc2ccccc21. The van der Waals surface area contributed by atoms with E-state index in [4.69, 9.17) is 10.6 Å². The summed E-state index contributed by atoms with van der Waals surface area (Å²) in [4.78, 5) is 14.2. The lowest BCUT2D eigenvalue weighted by atomic mass is 9.93. The molecule has 0 fully saturated rings. The molecule has 5 nitrogen and oxygen atoms in total. The normalized spacial score (nSPS) is 12.6. The number of urea groups is 1. The molecule has 118 valence electrons. The largest absolute Gasteiger partial charge is 0.457 e. The fourth-order valence-electron chi connectivity index (χ4n) is 2.83. The van der Waals surface area contributed by atoms with Crippen molar-refractivity contribution in [2.45, 2.75) is 6.04 Å². The third-order valence-corrected chi connectivity index (χ3v) is 3.91. The zero-order valence-corrected chi connectivity index (χ0v) is 13.0. The van der Waals surface area contributed by atoms with Gasteiger partial charge in [-0.25, -0.2) is 10.6 Å². The van der Waals surface area contributed by atoms with Crippen molar-refractivity contribution in [1.29, 1.82) is 0 Å². The Bertz CT molecular complexity index is 699. The first-order valence-corrected chi connectivity index (χ1v) is 7.39. The zero-order chi connectivity index (χ0) is 16.4. The highest BCUT2D eigenvalue weighted by Gasteiger charge is 2.33. The molecule has 1 aliphatic heterocycles. The third kappa shape index (κ3) is 2.66. The highest BCUT2D eigenvalue weighted by molar-refractivity contribution is 5.75. The van der Waals surface area contributed by atoms with Gasteiger partial charge in [0.25, 0.3) is 0 Å². The number of carbonyl (C=O) groups excluding carboxylic acids is 1. The average molecular weight is 309 g/mol. The number of fused-ring (bicyclic) bond motifs is 2. The summed E-state index contributed by atoms with van der Waals surface area (Å²) < 4.78 is 5.95. The minimum absolute atomic E-state index is 0.250. The topological polar surface area (TPSA) is 58.8 Å². The number of hydrogen-bond acceptors (Lipinski definition) is 3. The van der Waals surface area contributed by atoms with E-state index in [2.05, 4.69) is 6.58 Å². The van der Waals surface area contributed by atoms with Crippen molar-refractivity contribution >= 4 is 6.03 Å². The number of nitrogens with two attached hydrogens (primary N) is 1. The molecule has 0 atom stereocenters. The predicted molar refractivity (Wildman–Crippen MR) is 89.1 cm³/mol. The number of hydrazine groups is 1. The molecule has 2 aromatic rings. The van der Waals surface area contributed by atoms with Gasteiger partial charge in [-0.05, 0) is 12.1 Å². The van der Waals surface area contributed by atoms with Crippen LogP contribution in [0.1, 0.15) is 17.2 Å². The van der Waals surface area contributed by atoms with Gasteiger partial charge in [0.2, 0.25) is 0 Å². The molecular weight excluding hydrogens is 290 g/mol. The average Bonchev–Trinajstić information content (AvgIpc) is 2.58. The maximum absolute atomic E-state index is 12.6. The van der Waals surface area contributed by atoms with E-state index in [1.165, 1.54) is 0 Å². The van der Waals surface area contributed by atoms with E-state index in [0.29, 0.717) is 0 Å². The first-order valence-electron chi connectivity index (χ1n) is 7.39. The van der Waals surface area contributed by atoms with Gasteiger partial charge < -0.3 is 9.64 Å². The number of amides is 2. The standard InChI is InChI=1S/C18H19N3O2/c1-3-12-21(19)18(22)20(2)17-13-8-4-6-10-15(13)23-16-11-7-5-9-14(16)17/h3-11,17H,1,12,19H2,2H3. The van der Waals surface area contributed by atoms with Crippen LogP contribution < -0.4 is 10.6 Å². The Kier molecular flexibility index (Phi) is 4.04. The summed E-state index contributed by atoms with van der Waals surface area (Å²) in [5.74, 6) is 7.32. The second-order valence-electron chi connectivity index (χ2n) is 5.41. The van der Waals surface area contributed by atoms with E-state index in [9.17, 15) is 4.79 Å². The van der Waals surface area contributed by atoms with Gasteiger partial charge >= 0.3 is 6.03 Å². The number of hydrogen-bond donors (Lipinski definition) is 1. The Morgan fingerprint density at radius 1 is 1.17 bits per heavy atom. The second-order valence-corrected chi connectivity index (χ2v) is 5.41. The Hall–Kier alpha value is -2.79. The van der Waals surface area contributed by atoms with Crippen molar-refractivity contribution in [3.63, 3.8) is 0 Å². The van der Waals surface area contributed by atoms with Gasteiger partial charge in [-0.1, -0.05) is 42.5 Å². The first-order chi connectivity index (χ1) is 11.1. The molecule has 0 aromatic heterocycles. The molecule has 2 amide bonds. The molecule has 0 unspecified atom stereocenters. The lowest BCUT2D eigenvalue weighted by molar-refractivity contribution is 0.156. The number of carbonyl (C=O) groups is 1. The predicted octanol–water partition coefficient (Wildman–Crippen LogP) is 3.30. The molecule has 0 spiro atoms. The fourth-order valence-corrected chi connectivity index (χ4v) is 2.83. The van der Waals surface area contributed by atoms with Crippen LogP contribution in [0.25, 0.3) is 0 Å². The summed E-state index contributed by atoms with van der Waals surface area (Å²) in [5, 5.41) is 1.15. The molecule has 5 heteroatoms. The van der Waals surface area contributed by atoms with E-state index < -0.39 is 0 Å². The van der Waals surface area contributed by atoms with Crippen molar-refractivity contribution < 1.29 is 9.53 Å². The smallest absolute Gasteiger partial charge is 0.334 e. The van der Waals surface area contributed by atoms with Crippen LogP contribution >= 0.6 is 0 Å². The summed E-state index contributed by atoms with van der Waals surface area (Å²) in [5.41, 5.74) is 1.88. The molecule has 2 N–H and O–H groups in total. The Morgan fingerprint density at radius 2 is 1.70 bits per heavy atom. The van der Waals surface area contributed by atoms with Crippen LogP contribution in [0.2, 0.25) is 0 Å². The quantitative estimate of drug-likeness (QED) is 0.409. The third-order valence-electron chi connectivity index (χ3n) is 3.91. The minimum Gasteiger partial charge on any atom is -0.457 e. The van der Waals surface area contributed by atoms with Gasteiger partial charge in [0.1, 0.15) is 11.5 Å². The van der Waals surface area contributed by atoms with Crippen molar-refractivity contribution in [2.24, 2.45) is 5.84 Å². The maximum Gasteiger partial charge on any atom is 0.334 e. The Balaban J connectivity index is 2.04. The van der Waals surface area contributed by atoms with Gasteiger partial charge in [0.15, 0.2) is 0 Å². The molecule has 0 aliphatic carbocycles. The second kappa shape index (κ2) is 6.14. The van der Waals surface area contributed by atoms with Crippen LogP contribution in [0, 0.1) is 0 Å². The number of rotatable bonds is 3. The number of ether oxygens (including phenoxy) is 1. The number of para-hydroxylation sites is 2. The molecule has 0 radical (unpaired) electrons. The highest BCUT2D eigenvalue weighted by Crippen LogP contribution is 2.45. The van der Waals surface area contributed by atoms with Gasteiger partial charge in [-0.2, -0.15) is 0 Å². The van der Waals surface area contributed by atoms with Crippen LogP contribution in [0.4, 0.5) is 4.79 Å². The van der Waals surface area contributed by atoms with E-state index in [0.717, 1.165) is 27.6 Å². The van der Waals surface area contributed by atoms with Gasteiger partial charge in [-0.15, -0.1) is 6.58 Å². The summed E-state index contributed by atoms with van der Waals surface area (Å²) in [6.07, 6.45) is 1.59. The molecule has 0 bridgehead atoms. The first kappa shape index (κ1) is 15.1. The molecule has 0 saturated heterocycles. The number of nitrogens with zero attached hydrogens (tertiary/aromatic N) is 2. The highest BCUT2D eigenvalue weighted by atomic mass is 16.5. The van der Waals surface area contributed by atoms with Crippen molar-refractivity contribution in [3.8, 4) is 11.5 Å². The van der Waals surface area contributed by atoms with Crippen LogP contribution in [-0.2, 0) is 0 Å². The summed E-state index contributed by atoms with van der Waals surface area (Å²) in [6, 6.07) is 14.9. The monoisotopic (exact) mass is 309 g/mol. The summed E-state index contributed by atoms with van der Waals surface area (Å²) in [6.45, 7) is 3.90.